The van der Waals surface area contributed by atoms with Gasteiger partial charge in [0.15, 0.2) is 11.5 Å². The fourth-order valence-electron chi connectivity index (χ4n) is 5.06. The van der Waals surface area contributed by atoms with Crippen LogP contribution in [0.3, 0.4) is 0 Å². The number of aromatic nitrogens is 1. The van der Waals surface area contributed by atoms with E-state index >= 15 is 0 Å². The van der Waals surface area contributed by atoms with E-state index in [1.165, 1.54) is 10.5 Å². The van der Waals surface area contributed by atoms with Crippen LogP contribution in [0.5, 0.6) is 11.5 Å². The lowest BCUT2D eigenvalue weighted by atomic mass is 9.96. The number of nitrogens with one attached hydrogen (secondary N) is 1. The maximum absolute atomic E-state index is 13.4. The average Bonchev–Trinajstić information content (AvgIpc) is 3.44. The molecule has 1 fully saturated rings. The van der Waals surface area contributed by atoms with E-state index < -0.39 is 6.04 Å². The number of anilines is 1. The van der Waals surface area contributed by atoms with Crippen molar-refractivity contribution in [3.8, 4) is 11.5 Å². The lowest BCUT2D eigenvalue weighted by molar-refractivity contribution is -0.123. The number of halogens is 1. The van der Waals surface area contributed by atoms with Gasteiger partial charge in [0.2, 0.25) is 12.7 Å². The molecule has 0 spiro atoms. The number of aromatic amines is 1. The average molecular weight is 438 g/mol. The van der Waals surface area contributed by atoms with E-state index in [1.807, 2.05) is 18.2 Å². The Morgan fingerprint density at radius 3 is 2.81 bits per heavy atom. The summed E-state index contributed by atoms with van der Waals surface area (Å²) in [4.78, 5) is 33.1. The molecule has 1 saturated heterocycles. The molecule has 2 atom stereocenters. The zero-order valence-electron chi connectivity index (χ0n) is 16.9. The second kappa shape index (κ2) is 6.73. The van der Waals surface area contributed by atoms with Gasteiger partial charge in [0.1, 0.15) is 0 Å². The van der Waals surface area contributed by atoms with Gasteiger partial charge in [0, 0.05) is 40.3 Å². The van der Waals surface area contributed by atoms with Gasteiger partial charge >= 0.3 is 0 Å². The standard InChI is InChI=1S/C23H20ClN3O4/c1-12-22-15(16-8-13(24)2-4-17(16)25-22)6-7-26(12)18-10-21(28)27(23(18)29)14-3-5-19-20(9-14)31-11-30-19/h2-5,8-9,12,18,25H,6-7,10-11H2,1H3. The minimum Gasteiger partial charge on any atom is -0.454 e. The number of hydrogen-bond acceptors (Lipinski definition) is 5. The monoisotopic (exact) mass is 437 g/mol. The summed E-state index contributed by atoms with van der Waals surface area (Å²) in [6, 6.07) is 10.5. The van der Waals surface area contributed by atoms with Crippen molar-refractivity contribution in [1.29, 1.82) is 0 Å². The first-order chi connectivity index (χ1) is 15.0. The summed E-state index contributed by atoms with van der Waals surface area (Å²) in [6.07, 6.45) is 0.959. The second-order valence-electron chi connectivity index (χ2n) is 8.20. The van der Waals surface area contributed by atoms with Crippen molar-refractivity contribution in [3.05, 3.63) is 52.7 Å². The molecule has 2 amide bonds. The molecule has 7 nitrogen and oxygen atoms in total. The van der Waals surface area contributed by atoms with E-state index in [0.717, 1.165) is 23.0 Å². The van der Waals surface area contributed by atoms with Crippen LogP contribution in [0.25, 0.3) is 10.9 Å². The van der Waals surface area contributed by atoms with Crippen LogP contribution in [0.2, 0.25) is 5.02 Å². The number of carbonyl (C=O) groups excluding carboxylic acids is 2. The maximum Gasteiger partial charge on any atom is 0.251 e. The topological polar surface area (TPSA) is 74.9 Å². The molecule has 31 heavy (non-hydrogen) atoms. The van der Waals surface area contributed by atoms with Crippen LogP contribution >= 0.6 is 11.6 Å². The van der Waals surface area contributed by atoms with Gasteiger partial charge in [0.25, 0.3) is 5.91 Å². The molecule has 2 unspecified atom stereocenters. The molecule has 3 aromatic rings. The number of hydrogen-bond donors (Lipinski definition) is 1. The highest BCUT2D eigenvalue weighted by Crippen LogP contribution is 2.40. The Morgan fingerprint density at radius 2 is 1.94 bits per heavy atom. The van der Waals surface area contributed by atoms with E-state index in [4.69, 9.17) is 21.1 Å². The Labute approximate surface area is 183 Å². The number of fused-ring (bicyclic) bond motifs is 4. The largest absolute Gasteiger partial charge is 0.454 e. The van der Waals surface area contributed by atoms with Crippen molar-refractivity contribution < 1.29 is 19.1 Å². The zero-order chi connectivity index (χ0) is 21.3. The van der Waals surface area contributed by atoms with Crippen LogP contribution in [0.1, 0.15) is 30.6 Å². The van der Waals surface area contributed by atoms with Crippen molar-refractivity contribution in [2.75, 3.05) is 18.2 Å². The van der Waals surface area contributed by atoms with Crippen LogP contribution in [0, 0.1) is 0 Å². The normalized spacial score (nSPS) is 23.1. The molecule has 0 radical (unpaired) electrons. The van der Waals surface area contributed by atoms with Crippen LogP contribution < -0.4 is 14.4 Å². The molecule has 2 aromatic carbocycles. The first kappa shape index (κ1) is 18.7. The smallest absolute Gasteiger partial charge is 0.251 e. The Morgan fingerprint density at radius 1 is 1.10 bits per heavy atom. The third-order valence-electron chi connectivity index (χ3n) is 6.57. The van der Waals surface area contributed by atoms with Gasteiger partial charge < -0.3 is 14.5 Å². The fraction of sp³-hybridized carbons (Fsp3) is 0.304. The molecule has 0 bridgehead atoms. The number of rotatable bonds is 2. The highest BCUT2D eigenvalue weighted by Gasteiger charge is 2.45. The summed E-state index contributed by atoms with van der Waals surface area (Å²) in [6.45, 7) is 2.93. The minimum absolute atomic E-state index is 0.0200. The Kier molecular flexibility index (Phi) is 4.07. The van der Waals surface area contributed by atoms with E-state index in [9.17, 15) is 9.59 Å². The second-order valence-corrected chi connectivity index (χ2v) is 8.63. The Bertz CT molecular complexity index is 1250. The van der Waals surface area contributed by atoms with Gasteiger partial charge in [-0.05, 0) is 49.2 Å². The molecule has 1 aromatic heterocycles. The first-order valence-electron chi connectivity index (χ1n) is 10.3. The van der Waals surface area contributed by atoms with E-state index in [0.29, 0.717) is 28.8 Å². The molecule has 3 aliphatic rings. The summed E-state index contributed by atoms with van der Waals surface area (Å²) < 4.78 is 10.7. The molecule has 1 N–H and O–H groups in total. The molecular weight excluding hydrogens is 418 g/mol. The Hall–Kier alpha value is -3.03. The predicted molar refractivity (Wildman–Crippen MR) is 116 cm³/mol. The van der Waals surface area contributed by atoms with E-state index in [-0.39, 0.29) is 31.1 Å². The van der Waals surface area contributed by atoms with Crippen molar-refractivity contribution in [3.63, 3.8) is 0 Å². The van der Waals surface area contributed by atoms with Crippen molar-refractivity contribution >= 4 is 40.0 Å². The van der Waals surface area contributed by atoms with Crippen LogP contribution in [0.4, 0.5) is 5.69 Å². The molecule has 3 aliphatic heterocycles. The number of H-pyrrole nitrogens is 1. The summed E-state index contributed by atoms with van der Waals surface area (Å²) in [5.41, 5.74) is 3.89. The third-order valence-corrected chi connectivity index (χ3v) is 6.81. The minimum atomic E-state index is -0.490. The van der Waals surface area contributed by atoms with Gasteiger partial charge in [0.05, 0.1) is 18.2 Å². The zero-order valence-corrected chi connectivity index (χ0v) is 17.6. The molecule has 6 rings (SSSR count). The van der Waals surface area contributed by atoms with E-state index in [1.54, 1.807) is 18.2 Å². The number of carbonyl (C=O) groups is 2. The van der Waals surface area contributed by atoms with Crippen LogP contribution in [-0.4, -0.2) is 41.1 Å². The quantitative estimate of drug-likeness (QED) is 0.617. The van der Waals surface area contributed by atoms with Crippen LogP contribution in [-0.2, 0) is 16.0 Å². The summed E-state index contributed by atoms with van der Waals surface area (Å²) >= 11 is 6.20. The fourth-order valence-corrected chi connectivity index (χ4v) is 5.24. The van der Waals surface area contributed by atoms with Gasteiger partial charge in [-0.3, -0.25) is 14.5 Å². The summed E-state index contributed by atoms with van der Waals surface area (Å²) in [5.74, 6) is 0.776. The number of ether oxygens (including phenoxy) is 2. The Balaban J connectivity index is 1.31. The summed E-state index contributed by atoms with van der Waals surface area (Å²) in [5, 5.41) is 1.84. The van der Waals surface area contributed by atoms with Gasteiger partial charge in [-0.1, -0.05) is 11.6 Å². The highest BCUT2D eigenvalue weighted by atomic mass is 35.5. The molecule has 4 heterocycles. The molecule has 0 saturated carbocycles. The SMILES string of the molecule is CC1c2[nH]c3ccc(Cl)cc3c2CCN1C1CC(=O)N(c2ccc3c(c2)OCO3)C1=O. The molecule has 158 valence electrons. The third kappa shape index (κ3) is 2.77. The maximum atomic E-state index is 13.4. The van der Waals surface area contributed by atoms with E-state index in [2.05, 4.69) is 16.8 Å². The van der Waals surface area contributed by atoms with Gasteiger partial charge in [-0.2, -0.15) is 0 Å². The molecular formula is C23H20ClN3O4. The molecule has 8 heteroatoms. The molecule has 0 aliphatic carbocycles. The number of benzene rings is 2. The highest BCUT2D eigenvalue weighted by molar-refractivity contribution is 6.31. The lowest BCUT2D eigenvalue weighted by Gasteiger charge is -2.36. The van der Waals surface area contributed by atoms with Crippen LogP contribution in [0.15, 0.2) is 36.4 Å². The first-order valence-corrected chi connectivity index (χ1v) is 10.7. The van der Waals surface area contributed by atoms with Gasteiger partial charge in [-0.25, -0.2) is 4.90 Å². The lowest BCUT2D eigenvalue weighted by Crippen LogP contribution is -2.46. The number of imide groups is 1. The van der Waals surface area contributed by atoms with Gasteiger partial charge in [-0.15, -0.1) is 0 Å². The number of nitrogens with zero attached hydrogens (tertiary/aromatic N) is 2. The van der Waals surface area contributed by atoms with Crippen molar-refractivity contribution in [2.45, 2.75) is 31.8 Å². The predicted octanol–water partition coefficient (Wildman–Crippen LogP) is 3.80. The number of amides is 2. The van der Waals surface area contributed by atoms with Crippen molar-refractivity contribution in [1.82, 2.24) is 9.88 Å². The summed E-state index contributed by atoms with van der Waals surface area (Å²) in [7, 11) is 0. The van der Waals surface area contributed by atoms with Crippen molar-refractivity contribution in [2.24, 2.45) is 0 Å².